The molecule has 11 aromatic carbocycles. The van der Waals surface area contributed by atoms with Crippen LogP contribution in [-0.2, 0) is 0 Å². The Hall–Kier alpha value is -7.88. The molecule has 0 aliphatic carbocycles. The average Bonchev–Trinajstić information content (AvgIpc) is 3.64. The summed E-state index contributed by atoms with van der Waals surface area (Å²) in [5.74, 6) is 1.70. The van der Waals surface area contributed by atoms with Crippen molar-refractivity contribution in [3.05, 3.63) is 206 Å². The zero-order valence-corrected chi connectivity index (χ0v) is 31.9. The van der Waals surface area contributed by atoms with Crippen molar-refractivity contribution >= 4 is 92.7 Å². The monoisotopic (exact) mass is 750 g/mol. The highest BCUT2D eigenvalue weighted by molar-refractivity contribution is 6.25. The fraction of sp³-hybridized carbons (Fsp3) is 0. The Morgan fingerprint density at radius 1 is 0.305 bits per heavy atom. The number of ether oxygens (including phenoxy) is 1. The molecular formula is C56H34N2O. The summed E-state index contributed by atoms with van der Waals surface area (Å²) in [4.78, 5) is 2.37. The number of hydrogen-bond acceptors (Lipinski definition) is 2. The standard InChI is InChI=1S/C56H34N2O/c1-3-15-40-35(12-1)14-11-23-50(40)58-53-30-26-38(33-55(53)59-56-41-16-4-2-13-36(41)24-31-54(56)58)37-25-29-52-49(32-37)47-21-9-10-22-51(47)57(52)39-27-28-46-44-19-6-5-17-42(44)43-18-7-8-20-45(43)48(46)34-39/h1-34H. The van der Waals surface area contributed by atoms with Gasteiger partial charge in [0.25, 0.3) is 0 Å². The van der Waals surface area contributed by atoms with Crippen LogP contribution >= 0.6 is 0 Å². The molecule has 0 N–H and O–H groups in total. The van der Waals surface area contributed by atoms with Crippen LogP contribution in [0.25, 0.3) is 92.5 Å². The maximum absolute atomic E-state index is 6.98. The van der Waals surface area contributed by atoms with Gasteiger partial charge in [-0.2, -0.15) is 0 Å². The fourth-order valence-corrected chi connectivity index (χ4v) is 9.84. The van der Waals surface area contributed by atoms with Crippen molar-refractivity contribution < 1.29 is 4.74 Å². The minimum atomic E-state index is 0.831. The molecular weight excluding hydrogens is 717 g/mol. The van der Waals surface area contributed by atoms with E-state index in [-0.39, 0.29) is 0 Å². The topological polar surface area (TPSA) is 17.4 Å². The molecule has 2 heterocycles. The van der Waals surface area contributed by atoms with Crippen molar-refractivity contribution in [3.8, 4) is 28.3 Å². The maximum atomic E-state index is 6.98. The number of para-hydroxylation sites is 1. The maximum Gasteiger partial charge on any atom is 0.159 e. The summed E-state index contributed by atoms with van der Waals surface area (Å²) in [5, 5.41) is 14.8. The lowest BCUT2D eigenvalue weighted by molar-refractivity contribution is 0.483. The Bertz CT molecular complexity index is 3690. The molecule has 59 heavy (non-hydrogen) atoms. The van der Waals surface area contributed by atoms with Crippen LogP contribution < -0.4 is 9.64 Å². The van der Waals surface area contributed by atoms with Crippen molar-refractivity contribution in [2.45, 2.75) is 0 Å². The van der Waals surface area contributed by atoms with E-state index in [0.29, 0.717) is 0 Å². The third kappa shape index (κ3) is 4.70. The van der Waals surface area contributed by atoms with Crippen LogP contribution in [0, 0.1) is 0 Å². The Kier molecular flexibility index (Phi) is 6.72. The van der Waals surface area contributed by atoms with Gasteiger partial charge >= 0.3 is 0 Å². The second kappa shape index (κ2) is 12.3. The van der Waals surface area contributed by atoms with Crippen LogP contribution in [0.2, 0.25) is 0 Å². The third-order valence-corrected chi connectivity index (χ3v) is 12.5. The first-order valence-corrected chi connectivity index (χ1v) is 20.3. The largest absolute Gasteiger partial charge is 0.452 e. The van der Waals surface area contributed by atoms with Gasteiger partial charge in [0.1, 0.15) is 0 Å². The Labute approximate surface area is 340 Å². The molecule has 0 saturated heterocycles. The van der Waals surface area contributed by atoms with Gasteiger partial charge in [0.2, 0.25) is 0 Å². The van der Waals surface area contributed by atoms with E-state index in [1.807, 2.05) is 0 Å². The molecule has 0 saturated carbocycles. The molecule has 0 spiro atoms. The number of rotatable bonds is 3. The zero-order valence-electron chi connectivity index (χ0n) is 31.9. The van der Waals surface area contributed by atoms with E-state index in [1.54, 1.807) is 0 Å². The van der Waals surface area contributed by atoms with Crippen molar-refractivity contribution in [1.82, 2.24) is 4.57 Å². The summed E-state index contributed by atoms with van der Waals surface area (Å²) in [6, 6.07) is 75.0. The molecule has 1 aromatic heterocycles. The van der Waals surface area contributed by atoms with Gasteiger partial charge in [-0.3, -0.25) is 0 Å². The van der Waals surface area contributed by atoms with Crippen molar-refractivity contribution in [2.24, 2.45) is 0 Å². The molecule has 13 rings (SSSR count). The molecule has 1 aliphatic heterocycles. The molecule has 0 bridgehead atoms. The van der Waals surface area contributed by atoms with Gasteiger partial charge in [-0.25, -0.2) is 0 Å². The molecule has 0 amide bonds. The number of benzene rings is 11. The van der Waals surface area contributed by atoms with Gasteiger partial charge in [0, 0.05) is 27.2 Å². The van der Waals surface area contributed by atoms with Gasteiger partial charge in [0.15, 0.2) is 11.5 Å². The predicted molar refractivity (Wildman–Crippen MR) is 249 cm³/mol. The summed E-state index contributed by atoms with van der Waals surface area (Å²) in [6.45, 7) is 0. The number of fused-ring (bicyclic) bond motifs is 14. The SMILES string of the molecule is c1ccc2c(N3c4ccc(-c5ccc6c(c5)c5ccccc5n6-c5ccc6c7ccccc7c7ccccc7c6c5)cc4Oc4c3ccc3ccccc43)cccc2c1. The van der Waals surface area contributed by atoms with Crippen LogP contribution in [0.15, 0.2) is 206 Å². The minimum Gasteiger partial charge on any atom is -0.452 e. The minimum absolute atomic E-state index is 0.831. The van der Waals surface area contributed by atoms with Crippen LogP contribution in [0.1, 0.15) is 0 Å². The molecule has 0 unspecified atom stereocenters. The number of anilines is 3. The zero-order chi connectivity index (χ0) is 38.6. The summed E-state index contributed by atoms with van der Waals surface area (Å²) in [7, 11) is 0. The molecule has 274 valence electrons. The Balaban J connectivity index is 0.987. The van der Waals surface area contributed by atoms with Gasteiger partial charge < -0.3 is 14.2 Å². The van der Waals surface area contributed by atoms with E-state index < -0.39 is 0 Å². The van der Waals surface area contributed by atoms with E-state index in [1.165, 1.54) is 64.9 Å². The first-order valence-electron chi connectivity index (χ1n) is 20.3. The van der Waals surface area contributed by atoms with Gasteiger partial charge in [-0.05, 0) is 109 Å². The summed E-state index contributed by atoms with van der Waals surface area (Å²) < 4.78 is 9.41. The first kappa shape index (κ1) is 32.2. The lowest BCUT2D eigenvalue weighted by Crippen LogP contribution is -2.16. The fourth-order valence-electron chi connectivity index (χ4n) is 9.84. The highest BCUT2D eigenvalue weighted by Gasteiger charge is 2.29. The van der Waals surface area contributed by atoms with Gasteiger partial charge in [-0.1, -0.05) is 152 Å². The Morgan fingerprint density at radius 3 is 1.64 bits per heavy atom. The van der Waals surface area contributed by atoms with E-state index in [2.05, 4.69) is 216 Å². The molecule has 3 heteroatoms. The van der Waals surface area contributed by atoms with Crippen LogP contribution in [0.4, 0.5) is 17.1 Å². The van der Waals surface area contributed by atoms with Gasteiger partial charge in [-0.15, -0.1) is 0 Å². The van der Waals surface area contributed by atoms with Crippen LogP contribution in [0.5, 0.6) is 11.5 Å². The van der Waals surface area contributed by atoms with Crippen LogP contribution in [-0.4, -0.2) is 4.57 Å². The average molecular weight is 751 g/mol. The molecule has 0 radical (unpaired) electrons. The van der Waals surface area contributed by atoms with Crippen molar-refractivity contribution in [1.29, 1.82) is 0 Å². The molecule has 3 nitrogen and oxygen atoms in total. The number of nitrogens with zero attached hydrogens (tertiary/aromatic N) is 2. The summed E-state index contributed by atoms with van der Waals surface area (Å²) >= 11 is 0. The van der Waals surface area contributed by atoms with Gasteiger partial charge in [0.05, 0.1) is 28.1 Å². The molecule has 1 aliphatic rings. The first-order chi connectivity index (χ1) is 29.3. The second-order valence-corrected chi connectivity index (χ2v) is 15.7. The summed E-state index contributed by atoms with van der Waals surface area (Å²) in [6.07, 6.45) is 0. The normalized spacial score (nSPS) is 12.5. The van der Waals surface area contributed by atoms with E-state index >= 15 is 0 Å². The predicted octanol–water partition coefficient (Wildman–Crippen LogP) is 15.8. The lowest BCUT2D eigenvalue weighted by atomic mass is 9.94. The second-order valence-electron chi connectivity index (χ2n) is 15.7. The van der Waals surface area contributed by atoms with Crippen LogP contribution in [0.3, 0.4) is 0 Å². The van der Waals surface area contributed by atoms with Crippen molar-refractivity contribution in [3.63, 3.8) is 0 Å². The summed E-state index contributed by atoms with van der Waals surface area (Å²) in [5.41, 5.74) is 8.94. The molecule has 0 fully saturated rings. The highest BCUT2D eigenvalue weighted by Crippen LogP contribution is 2.54. The Morgan fingerprint density at radius 2 is 0.864 bits per heavy atom. The van der Waals surface area contributed by atoms with E-state index in [0.717, 1.165) is 56.1 Å². The number of aromatic nitrogens is 1. The lowest BCUT2D eigenvalue weighted by Gasteiger charge is -2.34. The van der Waals surface area contributed by atoms with Crippen molar-refractivity contribution in [2.75, 3.05) is 4.90 Å². The van der Waals surface area contributed by atoms with E-state index in [4.69, 9.17) is 4.74 Å². The molecule has 0 atom stereocenters. The highest BCUT2D eigenvalue weighted by atomic mass is 16.5. The third-order valence-electron chi connectivity index (χ3n) is 12.5. The molecule has 12 aromatic rings. The quantitative estimate of drug-likeness (QED) is 0.167. The number of hydrogen-bond donors (Lipinski definition) is 0. The van der Waals surface area contributed by atoms with E-state index in [9.17, 15) is 0 Å². The smallest absolute Gasteiger partial charge is 0.159 e.